The minimum atomic E-state index is -0.509. The predicted molar refractivity (Wildman–Crippen MR) is 71.7 cm³/mol. The maximum Gasteiger partial charge on any atom is 0.258 e. The molecule has 1 heterocycles. The fraction of sp³-hybridized carbons (Fsp3) is 0.133. The molecule has 0 aliphatic carbocycles. The first-order valence-electron chi connectivity index (χ1n) is 6.11. The first-order valence-corrected chi connectivity index (χ1v) is 6.11. The van der Waals surface area contributed by atoms with Crippen LogP contribution in [0.1, 0.15) is 15.9 Å². The zero-order valence-electron chi connectivity index (χ0n) is 10.8. The number of anilines is 1. The van der Waals surface area contributed by atoms with Gasteiger partial charge in [-0.1, -0.05) is 12.1 Å². The Bertz CT molecular complexity index is 685. The van der Waals surface area contributed by atoms with Gasteiger partial charge in [0, 0.05) is 11.8 Å². The number of amides is 1. The van der Waals surface area contributed by atoms with E-state index in [0.29, 0.717) is 22.7 Å². The van der Waals surface area contributed by atoms with Crippen LogP contribution in [0.2, 0.25) is 0 Å². The van der Waals surface area contributed by atoms with Crippen molar-refractivity contribution < 1.29 is 18.7 Å². The van der Waals surface area contributed by atoms with Crippen molar-refractivity contribution in [1.82, 2.24) is 0 Å². The van der Waals surface area contributed by atoms with Crippen LogP contribution in [0.4, 0.5) is 10.1 Å². The summed E-state index contributed by atoms with van der Waals surface area (Å²) < 4.78 is 24.3. The normalized spacial score (nSPS) is 12.3. The van der Waals surface area contributed by atoms with E-state index in [4.69, 9.17) is 9.47 Å². The summed E-state index contributed by atoms with van der Waals surface area (Å²) in [5.74, 6) is 0.188. The molecule has 2 aromatic rings. The van der Waals surface area contributed by atoms with E-state index in [1.165, 1.54) is 6.07 Å². The minimum absolute atomic E-state index is 0.0164. The molecule has 1 amide bonds. The van der Waals surface area contributed by atoms with Gasteiger partial charge >= 0.3 is 0 Å². The van der Waals surface area contributed by atoms with E-state index >= 15 is 0 Å². The quantitative estimate of drug-likeness (QED) is 0.914. The molecule has 4 nitrogen and oxygen atoms in total. The highest BCUT2D eigenvalue weighted by Crippen LogP contribution is 2.34. The largest absolute Gasteiger partial charge is 0.454 e. The van der Waals surface area contributed by atoms with E-state index in [1.807, 2.05) is 0 Å². The zero-order valence-corrected chi connectivity index (χ0v) is 10.8. The molecular formula is C15H12FNO3. The van der Waals surface area contributed by atoms with Gasteiger partial charge in [-0.2, -0.15) is 0 Å². The van der Waals surface area contributed by atoms with E-state index in [1.54, 1.807) is 37.3 Å². The van der Waals surface area contributed by atoms with Crippen LogP contribution >= 0.6 is 0 Å². The number of nitrogens with one attached hydrogen (secondary N) is 1. The highest BCUT2D eigenvalue weighted by Gasteiger charge is 2.16. The van der Waals surface area contributed by atoms with E-state index in [2.05, 4.69) is 5.32 Å². The second-order valence-corrected chi connectivity index (χ2v) is 4.46. The SMILES string of the molecule is Cc1cccc(C(=O)Nc2ccc3c(c2)OCO3)c1F. The maximum absolute atomic E-state index is 13.9. The average molecular weight is 273 g/mol. The second kappa shape index (κ2) is 4.85. The molecule has 0 spiro atoms. The van der Waals surface area contributed by atoms with Crippen molar-refractivity contribution in [3.8, 4) is 11.5 Å². The van der Waals surface area contributed by atoms with Gasteiger partial charge in [-0.3, -0.25) is 4.79 Å². The Morgan fingerprint density at radius 3 is 2.85 bits per heavy atom. The van der Waals surface area contributed by atoms with Gasteiger partial charge in [0.25, 0.3) is 5.91 Å². The van der Waals surface area contributed by atoms with Crippen molar-refractivity contribution in [3.05, 3.63) is 53.3 Å². The molecule has 2 aromatic carbocycles. The molecular weight excluding hydrogens is 261 g/mol. The number of ether oxygens (including phenoxy) is 2. The third-order valence-electron chi connectivity index (χ3n) is 3.07. The number of benzene rings is 2. The van der Waals surface area contributed by atoms with Gasteiger partial charge in [-0.05, 0) is 30.7 Å². The van der Waals surface area contributed by atoms with Crippen LogP contribution in [0.25, 0.3) is 0 Å². The van der Waals surface area contributed by atoms with Gasteiger partial charge in [0.15, 0.2) is 11.5 Å². The number of rotatable bonds is 2. The van der Waals surface area contributed by atoms with Gasteiger partial charge in [0.05, 0.1) is 5.56 Å². The second-order valence-electron chi connectivity index (χ2n) is 4.46. The highest BCUT2D eigenvalue weighted by molar-refractivity contribution is 6.04. The summed E-state index contributed by atoms with van der Waals surface area (Å²) in [6, 6.07) is 9.74. The smallest absolute Gasteiger partial charge is 0.258 e. The van der Waals surface area contributed by atoms with Crippen molar-refractivity contribution in [2.45, 2.75) is 6.92 Å². The van der Waals surface area contributed by atoms with Crippen molar-refractivity contribution in [2.24, 2.45) is 0 Å². The Kier molecular flexibility index (Phi) is 3.02. The molecule has 0 bridgehead atoms. The number of carbonyl (C=O) groups is 1. The lowest BCUT2D eigenvalue weighted by atomic mass is 10.1. The van der Waals surface area contributed by atoms with Crippen LogP contribution in [0.3, 0.4) is 0 Å². The average Bonchev–Trinajstić information content (AvgIpc) is 2.89. The number of carbonyl (C=O) groups excluding carboxylic acids is 1. The zero-order chi connectivity index (χ0) is 14.1. The molecule has 0 unspecified atom stereocenters. The van der Waals surface area contributed by atoms with Crippen LogP contribution in [0.15, 0.2) is 36.4 Å². The summed E-state index contributed by atoms with van der Waals surface area (Å²) in [6.07, 6.45) is 0. The molecule has 0 radical (unpaired) electrons. The van der Waals surface area contributed by atoms with Crippen molar-refractivity contribution in [2.75, 3.05) is 12.1 Å². The molecule has 5 heteroatoms. The van der Waals surface area contributed by atoms with Crippen LogP contribution in [-0.2, 0) is 0 Å². The number of hydrogen-bond donors (Lipinski definition) is 1. The molecule has 1 aliphatic heterocycles. The Morgan fingerprint density at radius 1 is 1.20 bits per heavy atom. The Morgan fingerprint density at radius 2 is 2.00 bits per heavy atom. The lowest BCUT2D eigenvalue weighted by Gasteiger charge is -2.08. The molecule has 3 rings (SSSR count). The first-order chi connectivity index (χ1) is 9.65. The number of hydrogen-bond acceptors (Lipinski definition) is 3. The van der Waals surface area contributed by atoms with Crippen LogP contribution in [0.5, 0.6) is 11.5 Å². The summed E-state index contributed by atoms with van der Waals surface area (Å²) in [5, 5.41) is 2.64. The number of fused-ring (bicyclic) bond motifs is 1. The summed E-state index contributed by atoms with van der Waals surface area (Å²) in [5.41, 5.74) is 0.978. The van der Waals surface area contributed by atoms with Crippen LogP contribution < -0.4 is 14.8 Å². The summed E-state index contributed by atoms with van der Waals surface area (Å²) >= 11 is 0. The van der Waals surface area contributed by atoms with Crippen LogP contribution in [-0.4, -0.2) is 12.7 Å². The Balaban J connectivity index is 1.84. The molecule has 0 saturated heterocycles. The minimum Gasteiger partial charge on any atom is -0.454 e. The van der Waals surface area contributed by atoms with E-state index in [0.717, 1.165) is 0 Å². The van der Waals surface area contributed by atoms with Crippen molar-refractivity contribution >= 4 is 11.6 Å². The molecule has 0 aromatic heterocycles. The summed E-state index contributed by atoms with van der Waals surface area (Å²) in [7, 11) is 0. The van der Waals surface area contributed by atoms with Gasteiger partial charge in [-0.25, -0.2) is 4.39 Å². The lowest BCUT2D eigenvalue weighted by molar-refractivity contribution is 0.102. The predicted octanol–water partition coefficient (Wildman–Crippen LogP) is 3.12. The number of halogens is 1. The van der Waals surface area contributed by atoms with Crippen LogP contribution in [0, 0.1) is 12.7 Å². The molecule has 0 fully saturated rings. The standard InChI is InChI=1S/C15H12FNO3/c1-9-3-2-4-11(14(9)16)15(18)17-10-5-6-12-13(7-10)20-8-19-12/h2-7H,8H2,1H3,(H,17,18). The van der Waals surface area contributed by atoms with Gasteiger partial charge < -0.3 is 14.8 Å². The lowest BCUT2D eigenvalue weighted by Crippen LogP contribution is -2.14. The Labute approximate surface area is 115 Å². The van der Waals surface area contributed by atoms with Crippen molar-refractivity contribution in [3.63, 3.8) is 0 Å². The number of aryl methyl sites for hydroxylation is 1. The van der Waals surface area contributed by atoms with E-state index in [9.17, 15) is 9.18 Å². The summed E-state index contributed by atoms with van der Waals surface area (Å²) in [6.45, 7) is 1.78. The van der Waals surface area contributed by atoms with Gasteiger partial charge in [0.1, 0.15) is 5.82 Å². The summed E-state index contributed by atoms with van der Waals surface area (Å²) in [4.78, 5) is 12.1. The third-order valence-corrected chi connectivity index (χ3v) is 3.07. The molecule has 1 N–H and O–H groups in total. The first kappa shape index (κ1) is 12.5. The molecule has 20 heavy (non-hydrogen) atoms. The van der Waals surface area contributed by atoms with Crippen molar-refractivity contribution in [1.29, 1.82) is 0 Å². The fourth-order valence-electron chi connectivity index (χ4n) is 2.00. The molecule has 0 atom stereocenters. The maximum atomic E-state index is 13.9. The van der Waals surface area contributed by atoms with E-state index in [-0.39, 0.29) is 12.4 Å². The van der Waals surface area contributed by atoms with Gasteiger partial charge in [0.2, 0.25) is 6.79 Å². The van der Waals surface area contributed by atoms with E-state index < -0.39 is 11.7 Å². The molecule has 0 saturated carbocycles. The van der Waals surface area contributed by atoms with Gasteiger partial charge in [-0.15, -0.1) is 0 Å². The molecule has 102 valence electrons. The Hall–Kier alpha value is -2.56. The topological polar surface area (TPSA) is 47.6 Å². The third kappa shape index (κ3) is 2.18. The molecule has 1 aliphatic rings. The monoisotopic (exact) mass is 273 g/mol. The highest BCUT2D eigenvalue weighted by atomic mass is 19.1. The fourth-order valence-corrected chi connectivity index (χ4v) is 2.00.